The van der Waals surface area contributed by atoms with E-state index >= 15 is 0 Å². The Morgan fingerprint density at radius 2 is 0.893 bits per heavy atom. The van der Waals surface area contributed by atoms with Gasteiger partial charge in [0.2, 0.25) is 0 Å². The van der Waals surface area contributed by atoms with Crippen LogP contribution in [0.3, 0.4) is 0 Å². The number of rotatable bonds is 18. The van der Waals surface area contributed by atoms with E-state index in [-0.39, 0.29) is 0 Å². The fraction of sp³-hybridized carbons (Fsp3) is 1.00. The summed E-state index contributed by atoms with van der Waals surface area (Å²) in [5.41, 5.74) is 0. The zero-order chi connectivity index (χ0) is 21.7. The van der Waals surface area contributed by atoms with Gasteiger partial charge in [0.05, 0.1) is 27.7 Å². The molecule has 0 aliphatic carbocycles. The van der Waals surface area contributed by atoms with Crippen LogP contribution < -0.4 is 0 Å². The summed E-state index contributed by atoms with van der Waals surface area (Å²) in [4.78, 5) is 15.4. The number of hydrogen-bond acceptors (Lipinski definition) is 2. The van der Waals surface area contributed by atoms with Gasteiger partial charge in [-0.3, -0.25) is 4.52 Å². The van der Waals surface area contributed by atoms with E-state index in [1.54, 1.807) is 0 Å². The van der Waals surface area contributed by atoms with Crippen molar-refractivity contribution in [3.05, 3.63) is 0 Å². The summed E-state index contributed by atoms with van der Waals surface area (Å²) in [6, 6.07) is 0. The van der Waals surface area contributed by atoms with Crippen molar-refractivity contribution in [2.45, 2.75) is 110 Å². The summed E-state index contributed by atoms with van der Waals surface area (Å²) >= 11 is 0. The summed E-state index contributed by atoms with van der Waals surface area (Å²) in [5, 5.41) is 0. The van der Waals surface area contributed by atoms with Crippen LogP contribution in [0.1, 0.15) is 110 Å². The molecule has 172 valence electrons. The van der Waals surface area contributed by atoms with E-state index < -0.39 is 7.82 Å². The standard InChI is InChI=1S/C21H46N.CH5O4P/c1-5-6-7-8-9-10-11-12-13-14-15-16-17-18-19-20-21-22(2,3)4;1-5-6(2,3)4/h5-21H2,1-4H3;1H3,(H2,2,3,4)/q+1;. The van der Waals surface area contributed by atoms with Crippen molar-refractivity contribution in [2.75, 3.05) is 34.8 Å². The predicted octanol–water partition coefficient (Wildman–Crippen LogP) is 6.68. The van der Waals surface area contributed by atoms with E-state index in [9.17, 15) is 4.57 Å². The molecule has 0 aliphatic heterocycles. The van der Waals surface area contributed by atoms with Crippen LogP contribution >= 0.6 is 7.82 Å². The summed E-state index contributed by atoms with van der Waals surface area (Å²) in [6.07, 6.45) is 23.4. The molecule has 0 amide bonds. The average Bonchev–Trinajstić information content (AvgIpc) is 2.60. The van der Waals surface area contributed by atoms with Crippen molar-refractivity contribution in [1.29, 1.82) is 0 Å². The molecule has 0 unspecified atom stereocenters. The topological polar surface area (TPSA) is 66.8 Å². The molecule has 0 radical (unpaired) electrons. The van der Waals surface area contributed by atoms with Crippen LogP contribution in [0, 0.1) is 0 Å². The van der Waals surface area contributed by atoms with Crippen molar-refractivity contribution in [1.82, 2.24) is 0 Å². The molecule has 0 fully saturated rings. The van der Waals surface area contributed by atoms with Gasteiger partial charge in [0.15, 0.2) is 0 Å². The molecule has 0 saturated carbocycles. The van der Waals surface area contributed by atoms with E-state index in [0.717, 1.165) is 11.6 Å². The molecule has 0 saturated heterocycles. The number of phosphoric acid groups is 1. The summed E-state index contributed by atoms with van der Waals surface area (Å²) in [7, 11) is 3.69. The van der Waals surface area contributed by atoms with Gasteiger partial charge < -0.3 is 14.3 Å². The van der Waals surface area contributed by atoms with Gasteiger partial charge in [0.25, 0.3) is 0 Å². The van der Waals surface area contributed by atoms with Gasteiger partial charge in [-0.15, -0.1) is 0 Å². The van der Waals surface area contributed by atoms with Gasteiger partial charge in [0, 0.05) is 7.11 Å². The molecular weight excluding hydrogens is 373 g/mol. The van der Waals surface area contributed by atoms with E-state index in [2.05, 4.69) is 32.6 Å². The molecule has 0 aromatic heterocycles. The summed E-state index contributed by atoms with van der Waals surface area (Å²) in [5.74, 6) is 0. The van der Waals surface area contributed by atoms with Crippen molar-refractivity contribution in [3.8, 4) is 0 Å². The number of quaternary nitrogens is 1. The smallest absolute Gasteiger partial charge is 0.331 e. The van der Waals surface area contributed by atoms with Crippen LogP contribution in [-0.2, 0) is 9.09 Å². The lowest BCUT2D eigenvalue weighted by Gasteiger charge is -2.23. The van der Waals surface area contributed by atoms with Crippen LogP contribution in [0.2, 0.25) is 0 Å². The minimum atomic E-state index is -4.15. The molecule has 0 rings (SSSR count). The Labute approximate surface area is 176 Å². The molecular formula is C22H51NO4P+. The monoisotopic (exact) mass is 424 g/mol. The largest absolute Gasteiger partial charge is 0.469 e. The maximum atomic E-state index is 9.47. The molecule has 28 heavy (non-hydrogen) atoms. The maximum absolute atomic E-state index is 9.47. The Morgan fingerprint density at radius 1 is 0.643 bits per heavy atom. The number of unbranched alkanes of at least 4 members (excludes halogenated alkanes) is 15. The minimum absolute atomic E-state index is 0.945. The predicted molar refractivity (Wildman–Crippen MR) is 121 cm³/mol. The first kappa shape index (κ1) is 30.3. The molecule has 0 aromatic rings. The fourth-order valence-electron chi connectivity index (χ4n) is 3.13. The second-order valence-corrected chi connectivity index (χ2v) is 10.3. The van der Waals surface area contributed by atoms with Gasteiger partial charge in [-0.1, -0.05) is 96.8 Å². The van der Waals surface area contributed by atoms with Crippen molar-refractivity contribution < 1.29 is 23.4 Å². The normalized spacial score (nSPS) is 12.0. The van der Waals surface area contributed by atoms with E-state index in [0.29, 0.717) is 0 Å². The molecule has 2 N–H and O–H groups in total. The highest BCUT2D eigenvalue weighted by Crippen LogP contribution is 2.33. The number of phosphoric ester groups is 1. The highest BCUT2D eigenvalue weighted by Gasteiger charge is 2.07. The Hall–Kier alpha value is 0.0700. The van der Waals surface area contributed by atoms with Crippen LogP contribution in [0.4, 0.5) is 0 Å². The van der Waals surface area contributed by atoms with Crippen molar-refractivity contribution >= 4 is 7.82 Å². The Kier molecular flexibility index (Phi) is 22.0. The van der Waals surface area contributed by atoms with E-state index in [1.807, 2.05) is 0 Å². The summed E-state index contributed by atoms with van der Waals surface area (Å²) < 4.78 is 14.2. The SMILES string of the molecule is CCCCCCCCCCCCCCCCCC[N+](C)(C)C.COP(=O)(O)O. The first-order chi connectivity index (χ1) is 13.1. The number of nitrogens with zero attached hydrogens (tertiary/aromatic N) is 1. The van der Waals surface area contributed by atoms with Gasteiger partial charge in [-0.05, 0) is 12.8 Å². The maximum Gasteiger partial charge on any atom is 0.469 e. The lowest BCUT2D eigenvalue weighted by atomic mass is 10.0. The molecule has 0 spiro atoms. The van der Waals surface area contributed by atoms with E-state index in [1.165, 1.54) is 109 Å². The molecule has 0 atom stereocenters. The lowest BCUT2D eigenvalue weighted by molar-refractivity contribution is -0.870. The molecule has 5 nitrogen and oxygen atoms in total. The zero-order valence-electron chi connectivity index (χ0n) is 19.6. The lowest BCUT2D eigenvalue weighted by Crippen LogP contribution is -2.35. The zero-order valence-corrected chi connectivity index (χ0v) is 20.5. The Bertz CT molecular complexity index is 353. The minimum Gasteiger partial charge on any atom is -0.331 e. The quantitative estimate of drug-likeness (QED) is 0.146. The number of hydrogen-bond donors (Lipinski definition) is 2. The first-order valence-electron chi connectivity index (χ1n) is 11.5. The highest BCUT2D eigenvalue weighted by atomic mass is 31.2. The summed E-state index contributed by atoms with van der Waals surface area (Å²) in [6.45, 7) is 3.63. The molecule has 0 aromatic carbocycles. The molecule has 0 aliphatic rings. The van der Waals surface area contributed by atoms with Crippen LogP contribution in [-0.4, -0.2) is 49.1 Å². The molecule has 0 bridgehead atoms. The third-order valence-electron chi connectivity index (χ3n) is 4.92. The van der Waals surface area contributed by atoms with Gasteiger partial charge >= 0.3 is 7.82 Å². The van der Waals surface area contributed by atoms with E-state index in [4.69, 9.17) is 9.79 Å². The van der Waals surface area contributed by atoms with Gasteiger partial charge in [-0.25, -0.2) is 4.57 Å². The van der Waals surface area contributed by atoms with Crippen LogP contribution in [0.5, 0.6) is 0 Å². The second-order valence-electron chi connectivity index (χ2n) is 8.99. The van der Waals surface area contributed by atoms with Gasteiger partial charge in [0.1, 0.15) is 0 Å². The Balaban J connectivity index is 0. The van der Waals surface area contributed by atoms with Crippen molar-refractivity contribution in [3.63, 3.8) is 0 Å². The Morgan fingerprint density at radius 3 is 1.11 bits per heavy atom. The van der Waals surface area contributed by atoms with Crippen LogP contribution in [0.15, 0.2) is 0 Å². The third kappa shape index (κ3) is 33.6. The molecule has 6 heteroatoms. The highest BCUT2D eigenvalue weighted by molar-refractivity contribution is 7.46. The molecule has 0 heterocycles. The van der Waals surface area contributed by atoms with Gasteiger partial charge in [-0.2, -0.15) is 0 Å². The second kappa shape index (κ2) is 20.3. The fourth-order valence-corrected chi connectivity index (χ4v) is 3.13. The average molecular weight is 425 g/mol. The van der Waals surface area contributed by atoms with Crippen LogP contribution in [0.25, 0.3) is 0 Å². The van der Waals surface area contributed by atoms with Crippen molar-refractivity contribution in [2.24, 2.45) is 0 Å². The first-order valence-corrected chi connectivity index (χ1v) is 13.1. The third-order valence-corrected chi connectivity index (χ3v) is 5.40.